The average Bonchev–Trinajstić information content (AvgIpc) is 4.48. The molecular formula is C70H114O8. The van der Waals surface area contributed by atoms with Crippen LogP contribution in [0.5, 0.6) is 0 Å². The molecule has 4 unspecified atom stereocenters. The summed E-state index contributed by atoms with van der Waals surface area (Å²) in [6.07, 6.45) is 6.11. The lowest BCUT2D eigenvalue weighted by atomic mass is 10.1. The first-order valence-corrected chi connectivity index (χ1v) is 29.2. The van der Waals surface area contributed by atoms with Gasteiger partial charge in [-0.15, -0.1) is 0 Å². The lowest BCUT2D eigenvalue weighted by molar-refractivity contribution is 0.0588. The Morgan fingerprint density at radius 1 is 0.359 bits per heavy atom. The van der Waals surface area contributed by atoms with Crippen LogP contribution in [0.2, 0.25) is 0 Å². The van der Waals surface area contributed by atoms with E-state index in [1.807, 2.05) is 109 Å². The maximum absolute atomic E-state index is 8.92. The number of benzene rings is 6. The maximum atomic E-state index is 8.92. The van der Waals surface area contributed by atoms with Crippen LogP contribution in [-0.4, -0.2) is 103 Å². The summed E-state index contributed by atoms with van der Waals surface area (Å²) in [5, 5.41) is 17.8. The molecule has 0 aromatic heterocycles. The van der Waals surface area contributed by atoms with Crippen LogP contribution >= 0.6 is 0 Å². The third-order valence-electron chi connectivity index (χ3n) is 9.54. The van der Waals surface area contributed by atoms with Crippen molar-refractivity contribution in [2.24, 2.45) is 0 Å². The molecule has 0 saturated carbocycles. The topological polar surface area (TPSA) is 102 Å². The van der Waals surface area contributed by atoms with Crippen LogP contribution < -0.4 is 0 Å². The Balaban J connectivity index is -0.000000261. The highest BCUT2D eigenvalue weighted by Gasteiger charge is 2.21. The smallest absolute Gasteiger partial charge is 0.104 e. The molecule has 0 amide bonds. The summed E-state index contributed by atoms with van der Waals surface area (Å²) < 4.78 is 28.5. The maximum Gasteiger partial charge on any atom is 0.104 e. The zero-order valence-corrected chi connectivity index (χ0v) is 52.5. The van der Waals surface area contributed by atoms with Gasteiger partial charge in [-0.1, -0.05) is 292 Å². The first-order valence-electron chi connectivity index (χ1n) is 29.2. The minimum absolute atomic E-state index is 0.259. The highest BCUT2D eigenvalue weighted by molar-refractivity contribution is 5.62. The van der Waals surface area contributed by atoms with Crippen LogP contribution in [0.1, 0.15) is 145 Å². The Morgan fingerprint density at radius 3 is 0.718 bits per heavy atom. The second-order valence-corrected chi connectivity index (χ2v) is 15.6. The van der Waals surface area contributed by atoms with E-state index in [0.29, 0.717) is 25.4 Å². The number of ether oxygens (including phenoxy) is 6. The fourth-order valence-electron chi connectivity index (χ4n) is 6.03. The van der Waals surface area contributed by atoms with Gasteiger partial charge in [0, 0.05) is 28.4 Å². The zero-order valence-electron chi connectivity index (χ0n) is 52.5. The number of aliphatic hydroxyl groups excluding tert-OH is 2. The van der Waals surface area contributed by atoms with Gasteiger partial charge in [-0.3, -0.25) is 0 Å². The van der Waals surface area contributed by atoms with Gasteiger partial charge >= 0.3 is 0 Å². The molecule has 0 bridgehead atoms. The summed E-state index contributed by atoms with van der Waals surface area (Å²) in [5.41, 5.74) is 8.03. The molecule has 2 N–H and O–H groups in total. The van der Waals surface area contributed by atoms with Crippen LogP contribution in [0.4, 0.5) is 0 Å². The van der Waals surface area contributed by atoms with E-state index in [-0.39, 0.29) is 12.2 Å². The molecule has 78 heavy (non-hydrogen) atoms. The fraction of sp³-hybridized carbons (Fsp3) is 0.486. The van der Waals surface area contributed by atoms with E-state index < -0.39 is 0 Å². The summed E-state index contributed by atoms with van der Waals surface area (Å²) >= 11 is 0. The van der Waals surface area contributed by atoms with Crippen LogP contribution in [0.15, 0.2) is 182 Å². The first-order chi connectivity index (χ1) is 38.3. The second-order valence-electron chi connectivity index (χ2n) is 15.6. The number of hydrogen-bond donors (Lipinski definition) is 2. The van der Waals surface area contributed by atoms with Gasteiger partial charge < -0.3 is 38.6 Å². The largest absolute Gasteiger partial charge is 0.391 e. The Hall–Kier alpha value is -5.00. The molecular weight excluding hydrogens is 969 g/mol. The van der Waals surface area contributed by atoms with Gasteiger partial charge in [0.1, 0.15) is 12.2 Å². The lowest BCUT2D eigenvalue weighted by Crippen LogP contribution is -2.12. The normalized spacial score (nSPS) is 12.8. The van der Waals surface area contributed by atoms with Crippen molar-refractivity contribution >= 4 is 0 Å². The van der Waals surface area contributed by atoms with E-state index >= 15 is 0 Å². The summed E-state index contributed by atoms with van der Waals surface area (Å²) in [6.45, 7) is 32.3. The zero-order chi connectivity index (χ0) is 59.7. The second kappa shape index (κ2) is 68.1. The first kappa shape index (κ1) is 81.8. The Kier molecular flexibility index (Phi) is 71.5. The number of methoxy groups -OCH3 is 4. The van der Waals surface area contributed by atoms with Gasteiger partial charge in [-0.25, -0.2) is 0 Å². The van der Waals surface area contributed by atoms with Gasteiger partial charge in [0.15, 0.2) is 0 Å². The van der Waals surface area contributed by atoms with Crippen LogP contribution in [-0.2, 0) is 41.3 Å². The predicted octanol–water partition coefficient (Wildman–Crippen LogP) is 17.7. The van der Waals surface area contributed by atoms with E-state index in [2.05, 4.69) is 170 Å². The number of hydrogen-bond acceptors (Lipinski definition) is 8. The average molecular weight is 1080 g/mol. The summed E-state index contributed by atoms with van der Waals surface area (Å²) in [7, 11) is 6.56. The highest BCUT2D eigenvalue weighted by atomic mass is 16.6. The van der Waals surface area contributed by atoms with Crippen LogP contribution in [0, 0.1) is 0 Å². The molecule has 2 aliphatic rings. The molecule has 2 fully saturated rings. The highest BCUT2D eigenvalue weighted by Crippen LogP contribution is 2.17. The molecule has 8 rings (SSSR count). The quantitative estimate of drug-likeness (QED) is 0.0871. The summed E-state index contributed by atoms with van der Waals surface area (Å²) in [4.78, 5) is 0. The van der Waals surface area contributed by atoms with E-state index in [1.54, 1.807) is 28.4 Å². The van der Waals surface area contributed by atoms with Crippen molar-refractivity contribution in [3.05, 3.63) is 204 Å². The van der Waals surface area contributed by atoms with E-state index in [9.17, 15) is 0 Å². The summed E-state index contributed by atoms with van der Waals surface area (Å²) in [5.74, 6) is 0. The third kappa shape index (κ3) is 55.7. The molecule has 442 valence electrons. The molecule has 8 heteroatoms. The van der Waals surface area contributed by atoms with Gasteiger partial charge in [0.25, 0.3) is 0 Å². The van der Waals surface area contributed by atoms with Gasteiger partial charge in [-0.05, 0) is 59.1 Å². The van der Waals surface area contributed by atoms with Crippen molar-refractivity contribution in [3.8, 4) is 11.1 Å². The van der Waals surface area contributed by atoms with Crippen LogP contribution in [0.3, 0.4) is 0 Å². The SMILES string of the molecule is CC.CC.CC.CC.CC.CC.CCCC(O)COC.CCCC(O)COC.COCC1CO1.COCC1CO1.c1ccc(-c2ccccc2)cc1.c1ccc(Cc2ccccc2)cc1.c1ccc(Cc2ccccc2)cc1. The minimum atomic E-state index is -0.259. The monoisotopic (exact) mass is 1080 g/mol. The van der Waals surface area contributed by atoms with Crippen molar-refractivity contribution in [1.29, 1.82) is 0 Å². The number of rotatable bonds is 17. The molecule has 0 spiro atoms. The van der Waals surface area contributed by atoms with E-state index in [0.717, 1.165) is 65.0 Å². The predicted molar refractivity (Wildman–Crippen MR) is 340 cm³/mol. The third-order valence-corrected chi connectivity index (χ3v) is 9.54. The molecule has 4 atom stereocenters. The van der Waals surface area contributed by atoms with Crippen LogP contribution in [0.25, 0.3) is 11.1 Å². The lowest BCUT2D eigenvalue weighted by Gasteiger charge is -2.05. The molecule has 6 aromatic rings. The molecule has 0 radical (unpaired) electrons. The molecule has 0 aliphatic carbocycles. The molecule has 2 aliphatic heterocycles. The molecule has 2 saturated heterocycles. The Morgan fingerprint density at radius 2 is 0.564 bits per heavy atom. The molecule has 8 nitrogen and oxygen atoms in total. The number of epoxide rings is 2. The Labute approximate surface area is 479 Å². The van der Waals surface area contributed by atoms with E-state index in [1.165, 1.54) is 33.4 Å². The van der Waals surface area contributed by atoms with E-state index in [4.69, 9.17) is 38.6 Å². The fourth-order valence-corrected chi connectivity index (χ4v) is 6.03. The minimum Gasteiger partial charge on any atom is -0.391 e. The number of aliphatic hydroxyl groups is 2. The standard InChI is InChI=1S/2C13H12.C12H10.2C6H14O2.2C4H8O2.6C2H6/c2*1-3-7-12(8-4-1)11-13-9-5-2-6-10-13;1-3-7-11(8-4-1)12-9-5-2-6-10-12;2*1-3-4-6(7)5-8-2;2*1-5-2-4-3-6-4;6*1-2/h2*1-10H,11H2;1-10H;2*6-7H,3-5H2,1-2H3;2*4H,2-3H2,1H3;6*1-2H3. The molecule has 2 heterocycles. The van der Waals surface area contributed by atoms with Gasteiger partial charge in [0.2, 0.25) is 0 Å². The Bertz CT molecular complexity index is 1670. The van der Waals surface area contributed by atoms with Crippen molar-refractivity contribution < 1.29 is 38.6 Å². The van der Waals surface area contributed by atoms with Crippen molar-refractivity contribution in [2.75, 3.05) is 68.1 Å². The summed E-state index contributed by atoms with van der Waals surface area (Å²) in [6, 6.07) is 62.9. The molecule has 6 aromatic carbocycles. The van der Waals surface area contributed by atoms with Gasteiger partial charge in [0.05, 0.1) is 51.8 Å². The van der Waals surface area contributed by atoms with Crippen molar-refractivity contribution in [1.82, 2.24) is 0 Å². The van der Waals surface area contributed by atoms with Crippen molar-refractivity contribution in [3.63, 3.8) is 0 Å². The van der Waals surface area contributed by atoms with Gasteiger partial charge in [-0.2, -0.15) is 0 Å². The van der Waals surface area contributed by atoms with Crippen molar-refractivity contribution in [2.45, 2.75) is 160 Å².